The van der Waals surface area contributed by atoms with Crippen LogP contribution in [0.1, 0.15) is 15.9 Å². The lowest BCUT2D eigenvalue weighted by atomic mass is 10.1. The average Bonchev–Trinajstić information content (AvgIpc) is 2.73. The summed E-state index contributed by atoms with van der Waals surface area (Å²) in [5.74, 6) is -0.496. The predicted octanol–water partition coefficient (Wildman–Crippen LogP) is 4.54. The van der Waals surface area contributed by atoms with Gasteiger partial charge in [-0.05, 0) is 48.0 Å². The number of carbonyl (C=O) groups is 2. The van der Waals surface area contributed by atoms with Crippen LogP contribution in [0, 0.1) is 0 Å². The van der Waals surface area contributed by atoms with Gasteiger partial charge in [-0.15, -0.1) is 0 Å². The van der Waals surface area contributed by atoms with Gasteiger partial charge < -0.3 is 25.0 Å². The van der Waals surface area contributed by atoms with Gasteiger partial charge in [0.05, 0.1) is 18.4 Å². The van der Waals surface area contributed by atoms with E-state index in [0.717, 1.165) is 0 Å². The summed E-state index contributed by atoms with van der Waals surface area (Å²) in [7, 11) is 1.44. The number of anilines is 1. The maximum Gasteiger partial charge on any atom is 0.337 e. The van der Waals surface area contributed by atoms with Crippen molar-refractivity contribution in [2.24, 2.45) is 0 Å². The Balaban J connectivity index is 1.78. The van der Waals surface area contributed by atoms with Crippen molar-refractivity contribution in [1.82, 2.24) is 0 Å². The normalized spacial score (nSPS) is 10.6. The first-order valence-corrected chi connectivity index (χ1v) is 8.92. The summed E-state index contributed by atoms with van der Waals surface area (Å²) in [4.78, 5) is 23.8. The number of phenols is 1. The number of carboxylic acids is 1. The van der Waals surface area contributed by atoms with Crippen LogP contribution < -0.4 is 14.8 Å². The van der Waals surface area contributed by atoms with Crippen molar-refractivity contribution in [2.75, 3.05) is 12.4 Å². The largest absolute Gasteiger partial charge is 0.504 e. The third-order valence-electron chi connectivity index (χ3n) is 4.09. The summed E-state index contributed by atoms with van der Waals surface area (Å²) in [5.41, 5.74) is 0.602. The van der Waals surface area contributed by atoms with Crippen molar-refractivity contribution in [3.63, 3.8) is 0 Å². The van der Waals surface area contributed by atoms with Crippen LogP contribution in [0.4, 0.5) is 5.69 Å². The van der Waals surface area contributed by atoms with Crippen molar-refractivity contribution < 1.29 is 29.3 Å². The standard InChI is InChI=1S/C23H19NO6/c1-29-21-11-7-15(13-20(21)25)8-12-22(26)24-19-14-17(9-10-18(19)23(27)28)30-16-5-3-2-4-6-16/h2-14,25H,1H3,(H,24,26)(H,27,28)/b12-8+. The Bertz CT molecular complexity index is 1090. The first kappa shape index (κ1) is 20.5. The quantitative estimate of drug-likeness (QED) is 0.498. The number of rotatable bonds is 7. The second kappa shape index (κ2) is 9.29. The second-order valence-electron chi connectivity index (χ2n) is 6.18. The Labute approximate surface area is 172 Å². The number of hydrogen-bond acceptors (Lipinski definition) is 5. The van der Waals surface area contributed by atoms with Crippen LogP contribution >= 0.6 is 0 Å². The van der Waals surface area contributed by atoms with Crippen molar-refractivity contribution in [1.29, 1.82) is 0 Å². The van der Waals surface area contributed by atoms with Crippen LogP contribution in [0.5, 0.6) is 23.0 Å². The van der Waals surface area contributed by atoms with E-state index in [9.17, 15) is 19.8 Å². The highest BCUT2D eigenvalue weighted by Crippen LogP contribution is 2.28. The van der Waals surface area contributed by atoms with E-state index in [2.05, 4.69) is 5.32 Å². The van der Waals surface area contributed by atoms with E-state index in [1.165, 1.54) is 43.5 Å². The molecule has 0 saturated heterocycles. The number of carbonyl (C=O) groups excluding carboxylic acids is 1. The molecule has 0 aliphatic carbocycles. The van der Waals surface area contributed by atoms with Crippen molar-refractivity contribution in [3.05, 3.63) is 83.9 Å². The van der Waals surface area contributed by atoms with E-state index in [4.69, 9.17) is 9.47 Å². The zero-order chi connectivity index (χ0) is 21.5. The zero-order valence-electron chi connectivity index (χ0n) is 16.0. The minimum atomic E-state index is -1.18. The first-order chi connectivity index (χ1) is 14.5. The van der Waals surface area contributed by atoms with Crippen molar-refractivity contribution >= 4 is 23.6 Å². The van der Waals surface area contributed by atoms with Gasteiger partial charge in [-0.25, -0.2) is 4.79 Å². The molecule has 1 amide bonds. The number of benzene rings is 3. The average molecular weight is 405 g/mol. The number of methoxy groups -OCH3 is 1. The Morgan fingerprint density at radius 2 is 1.73 bits per heavy atom. The van der Waals surface area contributed by atoms with Crippen LogP contribution in [-0.4, -0.2) is 29.2 Å². The summed E-state index contributed by atoms with van der Waals surface area (Å²) >= 11 is 0. The molecule has 0 bridgehead atoms. The molecular formula is C23H19NO6. The molecule has 0 radical (unpaired) electrons. The van der Waals surface area contributed by atoms with Crippen LogP contribution in [0.15, 0.2) is 72.8 Å². The summed E-state index contributed by atoms with van der Waals surface area (Å²) in [5, 5.41) is 21.8. The van der Waals surface area contributed by atoms with E-state index < -0.39 is 11.9 Å². The summed E-state index contributed by atoms with van der Waals surface area (Å²) in [6.45, 7) is 0. The minimum Gasteiger partial charge on any atom is -0.504 e. The topological polar surface area (TPSA) is 105 Å². The molecule has 30 heavy (non-hydrogen) atoms. The van der Waals surface area contributed by atoms with Crippen LogP contribution in [0.3, 0.4) is 0 Å². The number of carboxylic acid groups (broad SMARTS) is 1. The SMILES string of the molecule is COc1ccc(/C=C/C(=O)Nc2cc(Oc3ccccc3)ccc2C(=O)O)cc1O. The van der Waals surface area contributed by atoms with Crippen molar-refractivity contribution in [2.45, 2.75) is 0 Å². The molecule has 3 aromatic carbocycles. The number of aromatic carboxylic acids is 1. The molecular weight excluding hydrogens is 386 g/mol. The molecule has 152 valence electrons. The van der Waals surface area contributed by atoms with Gasteiger partial charge in [0.1, 0.15) is 11.5 Å². The fraction of sp³-hybridized carbons (Fsp3) is 0.0435. The number of amides is 1. The van der Waals surface area contributed by atoms with Gasteiger partial charge in [-0.1, -0.05) is 24.3 Å². The molecule has 0 unspecified atom stereocenters. The smallest absolute Gasteiger partial charge is 0.337 e. The van der Waals surface area contributed by atoms with Gasteiger partial charge in [-0.3, -0.25) is 4.79 Å². The molecule has 0 fully saturated rings. The Morgan fingerprint density at radius 3 is 2.40 bits per heavy atom. The Kier molecular flexibility index (Phi) is 6.34. The summed E-state index contributed by atoms with van der Waals surface area (Å²) in [6.07, 6.45) is 2.72. The number of hydrogen-bond donors (Lipinski definition) is 3. The lowest BCUT2D eigenvalue weighted by Crippen LogP contribution is -2.12. The molecule has 0 aromatic heterocycles. The van der Waals surface area contributed by atoms with Gasteiger partial charge in [0.25, 0.3) is 0 Å². The molecule has 3 rings (SSSR count). The lowest BCUT2D eigenvalue weighted by Gasteiger charge is -2.11. The monoisotopic (exact) mass is 405 g/mol. The molecule has 7 nitrogen and oxygen atoms in total. The first-order valence-electron chi connectivity index (χ1n) is 8.92. The second-order valence-corrected chi connectivity index (χ2v) is 6.18. The highest BCUT2D eigenvalue weighted by molar-refractivity contribution is 6.06. The highest BCUT2D eigenvalue weighted by Gasteiger charge is 2.13. The Hall–Kier alpha value is -4.26. The van der Waals surface area contributed by atoms with Gasteiger partial charge in [0, 0.05) is 12.1 Å². The van der Waals surface area contributed by atoms with Crippen LogP contribution in [0.25, 0.3) is 6.08 Å². The van der Waals surface area contributed by atoms with Crippen LogP contribution in [-0.2, 0) is 4.79 Å². The minimum absolute atomic E-state index is 0.0565. The maximum atomic E-state index is 12.3. The fourth-order valence-electron chi connectivity index (χ4n) is 2.66. The van der Waals surface area contributed by atoms with E-state index >= 15 is 0 Å². The summed E-state index contributed by atoms with van der Waals surface area (Å²) < 4.78 is 10.7. The van der Waals surface area contributed by atoms with Gasteiger partial charge in [-0.2, -0.15) is 0 Å². The molecule has 3 N–H and O–H groups in total. The highest BCUT2D eigenvalue weighted by atomic mass is 16.5. The van der Waals surface area contributed by atoms with Gasteiger partial charge >= 0.3 is 5.97 Å². The molecule has 0 aliphatic heterocycles. The number of aromatic hydroxyl groups is 1. The molecule has 0 atom stereocenters. The molecule has 0 heterocycles. The zero-order valence-corrected chi connectivity index (χ0v) is 16.0. The van der Waals surface area contributed by atoms with E-state index in [1.54, 1.807) is 24.3 Å². The van der Waals surface area contributed by atoms with Gasteiger partial charge in [0.2, 0.25) is 5.91 Å². The van der Waals surface area contributed by atoms with Crippen LogP contribution in [0.2, 0.25) is 0 Å². The fourth-order valence-corrected chi connectivity index (χ4v) is 2.66. The third-order valence-corrected chi connectivity index (χ3v) is 4.09. The van der Waals surface area contributed by atoms with Gasteiger partial charge in [0.15, 0.2) is 11.5 Å². The molecule has 0 saturated carbocycles. The van der Waals surface area contributed by atoms with E-state index in [-0.39, 0.29) is 17.0 Å². The predicted molar refractivity (Wildman–Crippen MR) is 112 cm³/mol. The number of para-hydroxylation sites is 1. The third kappa shape index (κ3) is 5.17. The maximum absolute atomic E-state index is 12.3. The molecule has 0 aliphatic rings. The van der Waals surface area contributed by atoms with Crippen molar-refractivity contribution in [3.8, 4) is 23.0 Å². The number of nitrogens with one attached hydrogen (secondary N) is 1. The number of ether oxygens (including phenoxy) is 2. The lowest BCUT2D eigenvalue weighted by molar-refractivity contribution is -0.111. The Morgan fingerprint density at radius 1 is 0.967 bits per heavy atom. The van der Waals surface area contributed by atoms with E-state index in [1.807, 2.05) is 18.2 Å². The molecule has 0 spiro atoms. The van der Waals surface area contributed by atoms with E-state index in [0.29, 0.717) is 22.8 Å². The molecule has 7 heteroatoms. The number of phenolic OH excluding ortho intramolecular Hbond substituents is 1. The molecule has 3 aromatic rings. The summed E-state index contributed by atoms with van der Waals surface area (Å²) in [6, 6.07) is 18.0.